The number of anilines is 1. The van der Waals surface area contributed by atoms with Crippen molar-refractivity contribution < 1.29 is 23.5 Å². The van der Waals surface area contributed by atoms with Crippen LogP contribution < -0.4 is 5.32 Å². The van der Waals surface area contributed by atoms with Gasteiger partial charge in [0.15, 0.2) is 6.61 Å². The fraction of sp³-hybridized carbons (Fsp3) is 0.200. The van der Waals surface area contributed by atoms with E-state index in [9.17, 15) is 9.59 Å². The number of ether oxygens (including phenoxy) is 2. The van der Waals surface area contributed by atoms with Crippen LogP contribution in [-0.4, -0.2) is 25.1 Å². The van der Waals surface area contributed by atoms with Crippen molar-refractivity contribution >= 4 is 40.1 Å². The van der Waals surface area contributed by atoms with Crippen molar-refractivity contribution in [2.24, 2.45) is 0 Å². The molecule has 0 unspecified atom stereocenters. The second-order valence-corrected chi connectivity index (χ2v) is 6.05. The molecule has 0 aliphatic rings. The van der Waals surface area contributed by atoms with Crippen molar-refractivity contribution in [2.75, 3.05) is 18.5 Å². The van der Waals surface area contributed by atoms with Crippen LogP contribution in [0.5, 0.6) is 0 Å². The Morgan fingerprint density at radius 2 is 1.85 bits per heavy atom. The molecular weight excluding hydrogens is 370 g/mol. The average molecular weight is 388 g/mol. The zero-order chi connectivity index (χ0) is 19.2. The number of para-hydroxylation sites is 2. The minimum Gasteiger partial charge on any atom is -0.450 e. The van der Waals surface area contributed by atoms with Gasteiger partial charge in [-0.05, 0) is 25.1 Å². The Balaban J connectivity index is 1.70. The summed E-state index contributed by atoms with van der Waals surface area (Å²) >= 11 is 5.99. The predicted octanol–water partition coefficient (Wildman–Crippen LogP) is 4.42. The van der Waals surface area contributed by atoms with Crippen LogP contribution in [0.4, 0.5) is 5.69 Å². The van der Waals surface area contributed by atoms with Gasteiger partial charge >= 0.3 is 5.97 Å². The van der Waals surface area contributed by atoms with Gasteiger partial charge in [-0.2, -0.15) is 0 Å². The van der Waals surface area contributed by atoms with Gasteiger partial charge in [0, 0.05) is 17.6 Å². The third-order valence-electron chi connectivity index (χ3n) is 3.82. The minimum atomic E-state index is -0.727. The molecule has 0 atom stereocenters. The van der Waals surface area contributed by atoms with Gasteiger partial charge in [0.1, 0.15) is 5.58 Å². The molecule has 0 bridgehead atoms. The number of amides is 1. The van der Waals surface area contributed by atoms with Crippen molar-refractivity contribution in [3.63, 3.8) is 0 Å². The van der Waals surface area contributed by atoms with Gasteiger partial charge in [-0.3, -0.25) is 4.79 Å². The van der Waals surface area contributed by atoms with E-state index in [4.69, 9.17) is 25.5 Å². The van der Waals surface area contributed by atoms with E-state index < -0.39 is 18.5 Å². The zero-order valence-corrected chi connectivity index (χ0v) is 15.4. The molecule has 1 N–H and O–H groups in total. The number of halogens is 1. The van der Waals surface area contributed by atoms with Gasteiger partial charge < -0.3 is 19.2 Å². The number of hydrogen-bond acceptors (Lipinski definition) is 5. The SMILES string of the molecule is CCOCc1c(C(=O)OCC(=O)Nc2ccccc2Cl)oc2ccccc12. The molecule has 140 valence electrons. The molecule has 1 amide bonds. The van der Waals surface area contributed by atoms with Gasteiger partial charge in [0.05, 0.1) is 17.3 Å². The Morgan fingerprint density at radius 3 is 2.63 bits per heavy atom. The Bertz CT molecular complexity index is 966. The van der Waals surface area contributed by atoms with E-state index in [0.29, 0.717) is 28.5 Å². The van der Waals surface area contributed by atoms with Gasteiger partial charge in [-0.1, -0.05) is 41.9 Å². The molecule has 3 aromatic rings. The Hall–Kier alpha value is -2.83. The minimum absolute atomic E-state index is 0.0372. The highest BCUT2D eigenvalue weighted by molar-refractivity contribution is 6.33. The molecule has 6 nitrogen and oxygen atoms in total. The third-order valence-corrected chi connectivity index (χ3v) is 4.15. The van der Waals surface area contributed by atoms with E-state index in [0.717, 1.165) is 5.39 Å². The molecular formula is C20H18ClNO5. The lowest BCUT2D eigenvalue weighted by atomic mass is 10.1. The maximum Gasteiger partial charge on any atom is 0.375 e. The van der Waals surface area contributed by atoms with Crippen molar-refractivity contribution in [1.29, 1.82) is 0 Å². The molecule has 27 heavy (non-hydrogen) atoms. The van der Waals surface area contributed by atoms with E-state index in [1.165, 1.54) is 0 Å². The summed E-state index contributed by atoms with van der Waals surface area (Å²) in [6, 6.07) is 14.0. The van der Waals surface area contributed by atoms with Gasteiger partial charge in [-0.25, -0.2) is 4.79 Å². The van der Waals surface area contributed by atoms with Crippen molar-refractivity contribution in [3.8, 4) is 0 Å². The second-order valence-electron chi connectivity index (χ2n) is 5.65. The zero-order valence-electron chi connectivity index (χ0n) is 14.7. The Morgan fingerprint density at radius 1 is 1.11 bits per heavy atom. The van der Waals surface area contributed by atoms with Crippen LogP contribution in [0.1, 0.15) is 23.0 Å². The molecule has 0 fully saturated rings. The first-order valence-electron chi connectivity index (χ1n) is 8.39. The summed E-state index contributed by atoms with van der Waals surface area (Å²) in [7, 11) is 0. The molecule has 3 rings (SSSR count). The summed E-state index contributed by atoms with van der Waals surface area (Å²) in [6.45, 7) is 2.10. The number of rotatable bonds is 7. The highest BCUT2D eigenvalue weighted by Gasteiger charge is 2.22. The van der Waals surface area contributed by atoms with Gasteiger partial charge in [-0.15, -0.1) is 0 Å². The number of fused-ring (bicyclic) bond motifs is 1. The van der Waals surface area contributed by atoms with Crippen molar-refractivity contribution in [3.05, 3.63) is 64.9 Å². The molecule has 1 aromatic heterocycles. The first-order chi connectivity index (χ1) is 13.1. The maximum absolute atomic E-state index is 12.4. The van der Waals surface area contributed by atoms with Crippen molar-refractivity contribution in [1.82, 2.24) is 0 Å². The quantitative estimate of drug-likeness (QED) is 0.607. The molecule has 1 heterocycles. The van der Waals surface area contributed by atoms with Crippen LogP contribution in [0, 0.1) is 0 Å². The van der Waals surface area contributed by atoms with Crippen molar-refractivity contribution in [2.45, 2.75) is 13.5 Å². The van der Waals surface area contributed by atoms with E-state index >= 15 is 0 Å². The number of esters is 1. The molecule has 0 spiro atoms. The molecule has 2 aromatic carbocycles. The molecule has 7 heteroatoms. The Kier molecular flexibility index (Phi) is 6.11. The van der Waals surface area contributed by atoms with Gasteiger partial charge in [0.2, 0.25) is 5.76 Å². The smallest absolute Gasteiger partial charge is 0.375 e. The van der Waals surface area contributed by atoms with E-state index in [2.05, 4.69) is 5.32 Å². The van der Waals surface area contributed by atoms with Crippen LogP contribution in [-0.2, 0) is 20.9 Å². The average Bonchev–Trinajstić information content (AvgIpc) is 3.05. The van der Waals surface area contributed by atoms with Crippen LogP contribution in [0.25, 0.3) is 11.0 Å². The topological polar surface area (TPSA) is 77.8 Å². The first kappa shape index (κ1) is 18.9. The lowest BCUT2D eigenvalue weighted by molar-refractivity contribution is -0.119. The maximum atomic E-state index is 12.4. The summed E-state index contributed by atoms with van der Waals surface area (Å²) in [5.41, 5.74) is 1.60. The number of carbonyl (C=O) groups is 2. The summed E-state index contributed by atoms with van der Waals surface area (Å²) in [5, 5.41) is 3.76. The largest absolute Gasteiger partial charge is 0.450 e. The molecule has 0 aliphatic carbocycles. The van der Waals surface area contributed by atoms with E-state index in [1.807, 2.05) is 25.1 Å². The fourth-order valence-corrected chi connectivity index (χ4v) is 2.74. The summed E-state index contributed by atoms with van der Waals surface area (Å²) in [4.78, 5) is 24.5. The molecule has 0 saturated heterocycles. The highest BCUT2D eigenvalue weighted by Crippen LogP contribution is 2.27. The second kappa shape index (κ2) is 8.70. The number of hydrogen-bond donors (Lipinski definition) is 1. The monoisotopic (exact) mass is 387 g/mol. The molecule has 0 aliphatic heterocycles. The third kappa shape index (κ3) is 4.48. The van der Waals surface area contributed by atoms with Crippen LogP contribution >= 0.6 is 11.6 Å². The number of nitrogens with one attached hydrogen (secondary N) is 1. The standard InChI is InChI=1S/C20H18ClNO5/c1-2-25-11-14-13-7-3-6-10-17(13)27-19(14)20(24)26-12-18(23)22-16-9-5-4-8-15(16)21/h3-10H,2,11-12H2,1H3,(H,22,23). The van der Waals surface area contributed by atoms with E-state index in [-0.39, 0.29) is 12.4 Å². The lowest BCUT2D eigenvalue weighted by Gasteiger charge is -2.08. The normalized spacial score (nSPS) is 10.7. The lowest BCUT2D eigenvalue weighted by Crippen LogP contribution is -2.21. The molecule has 0 radical (unpaired) electrons. The van der Waals surface area contributed by atoms with Crippen LogP contribution in [0.2, 0.25) is 5.02 Å². The number of furan rings is 1. The fourth-order valence-electron chi connectivity index (χ4n) is 2.56. The first-order valence-corrected chi connectivity index (χ1v) is 8.77. The summed E-state index contributed by atoms with van der Waals surface area (Å²) in [6.07, 6.45) is 0. The number of carbonyl (C=O) groups excluding carboxylic acids is 2. The molecule has 0 saturated carbocycles. The predicted molar refractivity (Wildman–Crippen MR) is 102 cm³/mol. The van der Waals surface area contributed by atoms with Crippen LogP contribution in [0.15, 0.2) is 52.9 Å². The Labute approximate surface area is 161 Å². The highest BCUT2D eigenvalue weighted by atomic mass is 35.5. The summed E-state index contributed by atoms with van der Waals surface area (Å²) < 4.78 is 16.2. The number of benzene rings is 2. The van der Waals surface area contributed by atoms with Crippen LogP contribution in [0.3, 0.4) is 0 Å². The van der Waals surface area contributed by atoms with E-state index in [1.54, 1.807) is 30.3 Å². The van der Waals surface area contributed by atoms with Gasteiger partial charge in [0.25, 0.3) is 5.91 Å². The summed E-state index contributed by atoms with van der Waals surface area (Å²) in [5.74, 6) is -1.19.